The lowest BCUT2D eigenvalue weighted by Gasteiger charge is -2.18. The molecular weight excluding hydrogens is 243 g/mol. The summed E-state index contributed by atoms with van der Waals surface area (Å²) >= 11 is 0. The van der Waals surface area contributed by atoms with Gasteiger partial charge in [0.05, 0.1) is 6.04 Å². The quantitative estimate of drug-likeness (QED) is 0.857. The second-order valence-corrected chi connectivity index (χ2v) is 5.18. The van der Waals surface area contributed by atoms with Crippen LogP contribution in [0.3, 0.4) is 0 Å². The molecule has 0 spiro atoms. The van der Waals surface area contributed by atoms with Gasteiger partial charge in [-0.1, -0.05) is 31.0 Å². The van der Waals surface area contributed by atoms with Gasteiger partial charge in [-0.15, -0.1) is 0 Å². The Labute approximate surface area is 113 Å². The lowest BCUT2D eigenvalue weighted by molar-refractivity contribution is -0.123. The van der Waals surface area contributed by atoms with Gasteiger partial charge >= 0.3 is 0 Å². The predicted octanol–water partition coefficient (Wildman–Crippen LogP) is 2.36. The maximum atomic E-state index is 13.4. The van der Waals surface area contributed by atoms with E-state index in [1.165, 1.54) is 18.9 Å². The molecule has 19 heavy (non-hydrogen) atoms. The van der Waals surface area contributed by atoms with E-state index >= 15 is 0 Å². The molecule has 1 aliphatic rings. The molecule has 0 saturated heterocycles. The summed E-state index contributed by atoms with van der Waals surface area (Å²) in [5.74, 6) is -0.235. The molecule has 2 N–H and O–H groups in total. The third kappa shape index (κ3) is 4.03. The smallest absolute Gasteiger partial charge is 0.237 e. The van der Waals surface area contributed by atoms with E-state index in [9.17, 15) is 9.18 Å². The molecule has 0 aliphatic heterocycles. The van der Waals surface area contributed by atoms with Crippen LogP contribution in [0.15, 0.2) is 24.3 Å². The van der Waals surface area contributed by atoms with Crippen LogP contribution >= 0.6 is 0 Å². The molecule has 1 fully saturated rings. The van der Waals surface area contributed by atoms with Crippen LogP contribution < -0.4 is 10.6 Å². The van der Waals surface area contributed by atoms with E-state index in [0.29, 0.717) is 18.2 Å². The van der Waals surface area contributed by atoms with E-state index in [1.54, 1.807) is 18.2 Å². The summed E-state index contributed by atoms with van der Waals surface area (Å²) in [6.07, 6.45) is 4.54. The molecular formula is C15H21FN2O. The average molecular weight is 264 g/mol. The number of carbonyl (C=O) groups is 1. The molecule has 104 valence electrons. The van der Waals surface area contributed by atoms with Crippen LogP contribution in [0.25, 0.3) is 0 Å². The Morgan fingerprint density at radius 2 is 2.05 bits per heavy atom. The summed E-state index contributed by atoms with van der Waals surface area (Å²) in [6, 6.07) is 6.63. The van der Waals surface area contributed by atoms with Crippen molar-refractivity contribution >= 4 is 5.91 Å². The van der Waals surface area contributed by atoms with Gasteiger partial charge in [0.1, 0.15) is 5.82 Å². The zero-order valence-electron chi connectivity index (χ0n) is 11.3. The summed E-state index contributed by atoms with van der Waals surface area (Å²) in [5, 5.41) is 6.10. The molecule has 2 rings (SSSR count). The number of rotatable bonds is 5. The van der Waals surface area contributed by atoms with Gasteiger partial charge in [-0.3, -0.25) is 4.79 Å². The van der Waals surface area contributed by atoms with Crippen molar-refractivity contribution in [3.05, 3.63) is 35.6 Å². The van der Waals surface area contributed by atoms with Crippen molar-refractivity contribution in [3.8, 4) is 0 Å². The number of carbonyl (C=O) groups excluding carboxylic acids is 1. The number of benzene rings is 1. The first-order valence-corrected chi connectivity index (χ1v) is 6.94. The van der Waals surface area contributed by atoms with Gasteiger partial charge < -0.3 is 10.6 Å². The van der Waals surface area contributed by atoms with Gasteiger partial charge in [0.2, 0.25) is 5.91 Å². The minimum absolute atomic E-state index is 0.00300. The fourth-order valence-corrected chi connectivity index (χ4v) is 2.39. The summed E-state index contributed by atoms with van der Waals surface area (Å²) < 4.78 is 13.4. The molecule has 1 aliphatic carbocycles. The number of halogens is 1. The molecule has 1 saturated carbocycles. The van der Waals surface area contributed by atoms with Crippen molar-refractivity contribution in [1.82, 2.24) is 10.6 Å². The van der Waals surface area contributed by atoms with E-state index in [2.05, 4.69) is 10.6 Å². The number of hydrogen-bond acceptors (Lipinski definition) is 2. The summed E-state index contributed by atoms with van der Waals surface area (Å²) in [5.41, 5.74) is 0.586. The Balaban J connectivity index is 1.78. The van der Waals surface area contributed by atoms with Crippen LogP contribution in [0.1, 0.15) is 38.2 Å². The first-order chi connectivity index (χ1) is 9.16. The monoisotopic (exact) mass is 264 g/mol. The third-order valence-corrected chi connectivity index (χ3v) is 3.65. The summed E-state index contributed by atoms with van der Waals surface area (Å²) in [6.45, 7) is 2.18. The van der Waals surface area contributed by atoms with E-state index in [0.717, 1.165) is 12.8 Å². The van der Waals surface area contributed by atoms with Crippen molar-refractivity contribution in [2.24, 2.45) is 0 Å². The Hall–Kier alpha value is -1.42. The molecule has 3 nitrogen and oxygen atoms in total. The highest BCUT2D eigenvalue weighted by Gasteiger charge is 2.20. The molecule has 0 bridgehead atoms. The third-order valence-electron chi connectivity index (χ3n) is 3.65. The van der Waals surface area contributed by atoms with Crippen LogP contribution in [0, 0.1) is 5.82 Å². The van der Waals surface area contributed by atoms with Crippen molar-refractivity contribution in [2.45, 2.75) is 51.2 Å². The molecule has 4 heteroatoms. The summed E-state index contributed by atoms with van der Waals surface area (Å²) in [4.78, 5) is 11.9. The maximum absolute atomic E-state index is 13.4. The van der Waals surface area contributed by atoms with Gasteiger partial charge in [0.15, 0.2) is 0 Å². The standard InChI is InChI=1S/C15H21FN2O/c1-11(15(19)18-13-7-3-4-8-13)17-10-12-6-2-5-9-14(12)16/h2,5-6,9,11,13,17H,3-4,7-8,10H2,1H3,(H,18,19). The fourth-order valence-electron chi connectivity index (χ4n) is 2.39. The predicted molar refractivity (Wildman–Crippen MR) is 73.1 cm³/mol. The Morgan fingerprint density at radius 1 is 1.37 bits per heavy atom. The molecule has 1 unspecified atom stereocenters. The Morgan fingerprint density at radius 3 is 2.74 bits per heavy atom. The van der Waals surface area contributed by atoms with Gasteiger partial charge in [-0.25, -0.2) is 4.39 Å². The molecule has 0 radical (unpaired) electrons. The highest BCUT2D eigenvalue weighted by atomic mass is 19.1. The van der Waals surface area contributed by atoms with Crippen LogP contribution in [-0.4, -0.2) is 18.0 Å². The largest absolute Gasteiger partial charge is 0.352 e. The second-order valence-electron chi connectivity index (χ2n) is 5.18. The van der Waals surface area contributed by atoms with Crippen molar-refractivity contribution in [3.63, 3.8) is 0 Å². The summed E-state index contributed by atoms with van der Waals surface area (Å²) in [7, 11) is 0. The molecule has 1 aromatic carbocycles. The average Bonchev–Trinajstić information content (AvgIpc) is 2.90. The van der Waals surface area contributed by atoms with E-state index in [1.807, 2.05) is 6.92 Å². The fraction of sp³-hybridized carbons (Fsp3) is 0.533. The van der Waals surface area contributed by atoms with E-state index in [4.69, 9.17) is 0 Å². The van der Waals surface area contributed by atoms with Gasteiger partial charge in [0, 0.05) is 18.2 Å². The lowest BCUT2D eigenvalue weighted by Crippen LogP contribution is -2.45. The SMILES string of the molecule is CC(NCc1ccccc1F)C(=O)NC1CCCC1. The van der Waals surface area contributed by atoms with Crippen LogP contribution in [0.2, 0.25) is 0 Å². The maximum Gasteiger partial charge on any atom is 0.237 e. The van der Waals surface area contributed by atoms with Crippen molar-refractivity contribution in [2.75, 3.05) is 0 Å². The van der Waals surface area contributed by atoms with Crippen molar-refractivity contribution in [1.29, 1.82) is 0 Å². The van der Waals surface area contributed by atoms with Crippen LogP contribution in [0.4, 0.5) is 4.39 Å². The molecule has 1 amide bonds. The Kier molecular flexibility index (Phi) is 4.91. The first-order valence-electron chi connectivity index (χ1n) is 6.94. The van der Waals surface area contributed by atoms with Crippen molar-refractivity contribution < 1.29 is 9.18 Å². The Bertz CT molecular complexity index is 430. The van der Waals surface area contributed by atoms with E-state index < -0.39 is 0 Å². The number of hydrogen-bond donors (Lipinski definition) is 2. The number of nitrogens with one attached hydrogen (secondary N) is 2. The minimum Gasteiger partial charge on any atom is -0.352 e. The normalized spacial score (nSPS) is 17.4. The van der Waals surface area contributed by atoms with Gasteiger partial charge in [-0.05, 0) is 25.8 Å². The minimum atomic E-state index is -0.305. The molecule has 1 aromatic rings. The first kappa shape index (κ1) is 14.0. The van der Waals surface area contributed by atoms with Gasteiger partial charge in [-0.2, -0.15) is 0 Å². The highest BCUT2D eigenvalue weighted by molar-refractivity contribution is 5.81. The molecule has 0 heterocycles. The number of amides is 1. The van der Waals surface area contributed by atoms with Crippen LogP contribution in [0.5, 0.6) is 0 Å². The zero-order chi connectivity index (χ0) is 13.7. The van der Waals surface area contributed by atoms with Crippen LogP contribution in [-0.2, 0) is 11.3 Å². The molecule has 1 atom stereocenters. The van der Waals surface area contributed by atoms with Gasteiger partial charge in [0.25, 0.3) is 0 Å². The lowest BCUT2D eigenvalue weighted by atomic mass is 10.2. The topological polar surface area (TPSA) is 41.1 Å². The highest BCUT2D eigenvalue weighted by Crippen LogP contribution is 2.17. The second kappa shape index (κ2) is 6.66. The zero-order valence-corrected chi connectivity index (χ0v) is 11.3. The molecule has 0 aromatic heterocycles. The van der Waals surface area contributed by atoms with E-state index in [-0.39, 0.29) is 17.8 Å².